The van der Waals surface area contributed by atoms with Gasteiger partial charge in [0, 0.05) is 0 Å². The van der Waals surface area contributed by atoms with E-state index in [0.717, 1.165) is 36.1 Å². The fraction of sp³-hybridized carbons (Fsp3) is 0.467. The van der Waals surface area contributed by atoms with Crippen LogP contribution in [0.3, 0.4) is 0 Å². The first-order chi connectivity index (χ1) is 8.91. The summed E-state index contributed by atoms with van der Waals surface area (Å²) < 4.78 is 16.2. The molecule has 0 N–H and O–H groups in total. The van der Waals surface area contributed by atoms with E-state index in [0.29, 0.717) is 5.56 Å². The zero-order valence-corrected chi connectivity index (χ0v) is 12.4. The molecule has 1 aromatic rings. The van der Waals surface area contributed by atoms with E-state index < -0.39 is 11.0 Å². The Kier molecular flexibility index (Phi) is 3.86. The van der Waals surface area contributed by atoms with Crippen LogP contribution in [0.4, 0.5) is 0 Å². The van der Waals surface area contributed by atoms with Gasteiger partial charge in [0.1, 0.15) is 11.0 Å². The molecule has 1 aliphatic carbocycles. The van der Waals surface area contributed by atoms with Gasteiger partial charge >= 0.3 is 0 Å². The van der Waals surface area contributed by atoms with Crippen LogP contribution in [0.5, 0.6) is 0 Å². The molecule has 0 amide bonds. The Balaban J connectivity index is 2.41. The Hall–Kier alpha value is -1.47. The van der Waals surface area contributed by atoms with Crippen molar-refractivity contribution >= 4 is 16.7 Å². The molecular weight excluding hydrogens is 256 g/mol. The van der Waals surface area contributed by atoms with Gasteiger partial charge in [0.2, 0.25) is 0 Å². The molecule has 0 fully saturated rings. The summed E-state index contributed by atoms with van der Waals surface area (Å²) in [4.78, 5) is 0. The summed E-state index contributed by atoms with van der Waals surface area (Å²) in [5.41, 5.74) is 3.80. The van der Waals surface area contributed by atoms with Gasteiger partial charge < -0.3 is 0 Å². The lowest BCUT2D eigenvalue weighted by molar-refractivity contribution is 0.650. The maximum absolute atomic E-state index is 12.1. The molecule has 0 heterocycles. The van der Waals surface area contributed by atoms with E-state index in [1.54, 1.807) is 6.07 Å². The van der Waals surface area contributed by atoms with Crippen LogP contribution in [0.25, 0.3) is 0 Å². The Bertz CT molecular complexity index is 591. The van der Waals surface area contributed by atoms with Crippen LogP contribution < -0.4 is 0 Å². The fourth-order valence-corrected chi connectivity index (χ4v) is 2.73. The molecule has 4 heteroatoms. The lowest BCUT2D eigenvalue weighted by Gasteiger charge is -2.20. The van der Waals surface area contributed by atoms with Crippen LogP contribution in [0, 0.1) is 11.3 Å². The molecular formula is C15H18N2OS. The number of aryl methyl sites for hydroxylation is 1. The Morgan fingerprint density at radius 1 is 1.32 bits per heavy atom. The van der Waals surface area contributed by atoms with Gasteiger partial charge in [-0.3, -0.25) is 0 Å². The summed E-state index contributed by atoms with van der Waals surface area (Å²) in [5.74, 6) is 0. The molecule has 19 heavy (non-hydrogen) atoms. The average Bonchev–Trinajstić information content (AvgIpc) is 2.37. The van der Waals surface area contributed by atoms with Crippen molar-refractivity contribution in [2.24, 2.45) is 4.40 Å². The van der Waals surface area contributed by atoms with Gasteiger partial charge in [-0.1, -0.05) is 6.07 Å². The summed E-state index contributed by atoms with van der Waals surface area (Å²) in [7, 11) is -1.23. The van der Waals surface area contributed by atoms with E-state index in [1.807, 2.05) is 32.9 Å². The summed E-state index contributed by atoms with van der Waals surface area (Å²) in [6, 6.07) is 7.82. The smallest absolute Gasteiger partial charge is 0.145 e. The third-order valence-electron chi connectivity index (χ3n) is 3.12. The van der Waals surface area contributed by atoms with E-state index >= 15 is 0 Å². The Labute approximate surface area is 117 Å². The molecule has 0 radical (unpaired) electrons. The fourth-order valence-electron chi connectivity index (χ4n) is 2.06. The number of benzene rings is 1. The minimum atomic E-state index is -1.23. The monoisotopic (exact) mass is 274 g/mol. The van der Waals surface area contributed by atoms with Crippen molar-refractivity contribution in [2.45, 2.75) is 44.8 Å². The lowest BCUT2D eigenvalue weighted by atomic mass is 9.89. The largest absolute Gasteiger partial charge is 0.234 e. The van der Waals surface area contributed by atoms with Crippen molar-refractivity contribution in [3.05, 3.63) is 34.9 Å². The van der Waals surface area contributed by atoms with Crippen molar-refractivity contribution in [2.75, 3.05) is 0 Å². The predicted molar refractivity (Wildman–Crippen MR) is 78.5 cm³/mol. The van der Waals surface area contributed by atoms with Crippen molar-refractivity contribution in [3.63, 3.8) is 0 Å². The summed E-state index contributed by atoms with van der Waals surface area (Å²) in [6.45, 7) is 5.78. The highest BCUT2D eigenvalue weighted by Crippen LogP contribution is 2.24. The third kappa shape index (κ3) is 3.10. The van der Waals surface area contributed by atoms with Gasteiger partial charge in [-0.25, -0.2) is 4.21 Å². The molecule has 2 rings (SSSR count). The minimum Gasteiger partial charge on any atom is -0.234 e. The molecule has 1 aromatic carbocycles. The van der Waals surface area contributed by atoms with Crippen LogP contribution in [-0.2, 0) is 17.4 Å². The van der Waals surface area contributed by atoms with E-state index in [-0.39, 0.29) is 4.75 Å². The second-order valence-electron chi connectivity index (χ2n) is 5.74. The highest BCUT2D eigenvalue weighted by Gasteiger charge is 2.22. The maximum Gasteiger partial charge on any atom is 0.145 e. The highest BCUT2D eigenvalue weighted by molar-refractivity contribution is 7.85. The van der Waals surface area contributed by atoms with Crippen molar-refractivity contribution < 1.29 is 4.21 Å². The van der Waals surface area contributed by atoms with Crippen molar-refractivity contribution in [1.29, 1.82) is 5.26 Å². The lowest BCUT2D eigenvalue weighted by Crippen LogP contribution is -2.22. The van der Waals surface area contributed by atoms with E-state index in [4.69, 9.17) is 5.26 Å². The molecule has 1 atom stereocenters. The number of fused-ring (bicyclic) bond motifs is 1. The third-order valence-corrected chi connectivity index (χ3v) is 4.56. The van der Waals surface area contributed by atoms with Crippen molar-refractivity contribution in [1.82, 2.24) is 0 Å². The van der Waals surface area contributed by atoms with Gasteiger partial charge in [0.05, 0.1) is 22.1 Å². The van der Waals surface area contributed by atoms with Crippen LogP contribution in [0.15, 0.2) is 22.6 Å². The van der Waals surface area contributed by atoms with Crippen LogP contribution in [-0.4, -0.2) is 14.7 Å². The van der Waals surface area contributed by atoms with Gasteiger partial charge in [0.25, 0.3) is 0 Å². The molecule has 0 aromatic heterocycles. The molecule has 0 bridgehead atoms. The number of nitriles is 1. The summed E-state index contributed by atoms with van der Waals surface area (Å²) in [5, 5.41) is 8.93. The Morgan fingerprint density at radius 3 is 2.68 bits per heavy atom. The van der Waals surface area contributed by atoms with Gasteiger partial charge in [-0.2, -0.15) is 9.66 Å². The molecule has 3 nitrogen and oxygen atoms in total. The van der Waals surface area contributed by atoms with E-state index in [9.17, 15) is 4.21 Å². The van der Waals surface area contributed by atoms with Gasteiger partial charge in [-0.05, 0) is 63.3 Å². The first kappa shape index (κ1) is 14.0. The number of nitrogens with zero attached hydrogens (tertiary/aromatic N) is 2. The number of rotatable bonds is 1. The Morgan fingerprint density at radius 2 is 2.05 bits per heavy atom. The zero-order valence-electron chi connectivity index (χ0n) is 11.6. The average molecular weight is 274 g/mol. The van der Waals surface area contributed by atoms with E-state index in [2.05, 4.69) is 10.5 Å². The van der Waals surface area contributed by atoms with Crippen molar-refractivity contribution in [3.8, 4) is 6.07 Å². The van der Waals surface area contributed by atoms with Crippen LogP contribution >= 0.6 is 0 Å². The maximum atomic E-state index is 12.1. The standard InChI is InChI=1S/C15H18N2OS/c1-15(2,3)19(18)17-14-6-4-5-12-9-11(10-16)7-8-13(12)14/h7-9H,4-6H2,1-3H3/b17-14+. The minimum absolute atomic E-state index is 0.336. The predicted octanol–water partition coefficient (Wildman–Crippen LogP) is 3.15. The zero-order chi connectivity index (χ0) is 14.0. The summed E-state index contributed by atoms with van der Waals surface area (Å²) >= 11 is 0. The quantitative estimate of drug-likeness (QED) is 0.790. The second kappa shape index (κ2) is 5.26. The van der Waals surface area contributed by atoms with Gasteiger partial charge in [-0.15, -0.1) is 0 Å². The molecule has 1 aliphatic rings. The van der Waals surface area contributed by atoms with E-state index in [1.165, 1.54) is 0 Å². The van der Waals surface area contributed by atoms with Gasteiger partial charge in [0.15, 0.2) is 0 Å². The van der Waals surface area contributed by atoms with Crippen LogP contribution in [0.1, 0.15) is 50.3 Å². The number of hydrogen-bond acceptors (Lipinski definition) is 2. The molecule has 0 spiro atoms. The normalized spacial score (nSPS) is 18.7. The molecule has 1 unspecified atom stereocenters. The molecule has 0 aliphatic heterocycles. The molecule has 100 valence electrons. The SMILES string of the molecule is CC(C)(C)S(=O)/N=C1\CCCc2cc(C#N)ccc21. The number of hydrogen-bond donors (Lipinski definition) is 0. The highest BCUT2D eigenvalue weighted by atomic mass is 32.2. The first-order valence-corrected chi connectivity index (χ1v) is 7.55. The molecule has 0 saturated heterocycles. The molecule has 0 saturated carbocycles. The summed E-state index contributed by atoms with van der Waals surface area (Å²) in [6.07, 6.45) is 2.83. The first-order valence-electron chi connectivity index (χ1n) is 6.45. The van der Waals surface area contributed by atoms with Crippen LogP contribution in [0.2, 0.25) is 0 Å². The topological polar surface area (TPSA) is 53.2 Å². The second-order valence-corrected chi connectivity index (χ2v) is 7.64.